The van der Waals surface area contributed by atoms with Gasteiger partial charge in [-0.3, -0.25) is 5.41 Å². The van der Waals surface area contributed by atoms with E-state index in [1.165, 1.54) is 0 Å². The maximum absolute atomic E-state index is 8.75. The van der Waals surface area contributed by atoms with Gasteiger partial charge < -0.3 is 13.9 Å². The van der Waals surface area contributed by atoms with Crippen LogP contribution in [0.2, 0.25) is 10.0 Å². The number of rotatable bonds is 7. The van der Waals surface area contributed by atoms with Crippen molar-refractivity contribution in [2.45, 2.75) is 19.5 Å². The number of nitrogens with zero attached hydrogens (tertiary/aromatic N) is 2. The third-order valence-electron chi connectivity index (χ3n) is 4.87. The van der Waals surface area contributed by atoms with Crippen molar-refractivity contribution in [3.05, 3.63) is 94.0 Å². The summed E-state index contributed by atoms with van der Waals surface area (Å²) in [6, 6.07) is 23.2. The van der Waals surface area contributed by atoms with Gasteiger partial charge in [-0.25, -0.2) is 0 Å². The second-order valence-corrected chi connectivity index (χ2v) is 7.64. The minimum absolute atomic E-state index is 0.456. The molecule has 0 amide bonds. The highest BCUT2D eigenvalue weighted by Gasteiger charge is 2.12. The zero-order valence-electron chi connectivity index (χ0n) is 15.8. The predicted molar refractivity (Wildman–Crippen MR) is 118 cm³/mol. The number of ether oxygens (including phenoxy) is 1. The Morgan fingerprint density at radius 2 is 1.45 bits per heavy atom. The lowest BCUT2D eigenvalue weighted by Crippen LogP contribution is -2.25. The van der Waals surface area contributed by atoms with Gasteiger partial charge in [-0.1, -0.05) is 53.5 Å². The molecule has 0 saturated heterocycles. The van der Waals surface area contributed by atoms with Gasteiger partial charge in [0.2, 0.25) is 5.62 Å². The molecule has 0 aliphatic carbocycles. The number of hydrogen-bond acceptors (Lipinski definition) is 2. The Bertz CT molecular complexity index is 1180. The molecule has 3 aromatic carbocycles. The number of benzene rings is 3. The molecule has 6 heteroatoms. The third-order valence-corrected chi connectivity index (χ3v) is 5.49. The molecule has 0 aliphatic heterocycles. The highest BCUT2D eigenvalue weighted by atomic mass is 35.5. The molecule has 4 aromatic rings. The van der Waals surface area contributed by atoms with E-state index in [2.05, 4.69) is 6.07 Å². The normalized spacial score (nSPS) is 11.1. The van der Waals surface area contributed by atoms with Gasteiger partial charge >= 0.3 is 0 Å². The summed E-state index contributed by atoms with van der Waals surface area (Å²) >= 11 is 12.3. The molecule has 0 atom stereocenters. The van der Waals surface area contributed by atoms with Crippen molar-refractivity contribution < 1.29 is 4.74 Å². The minimum atomic E-state index is 0.456. The highest BCUT2D eigenvalue weighted by molar-refractivity contribution is 6.31. The molecule has 1 heterocycles. The minimum Gasteiger partial charge on any atom is -0.494 e. The van der Waals surface area contributed by atoms with E-state index >= 15 is 0 Å². The number of nitrogens with one attached hydrogen (secondary N) is 1. The van der Waals surface area contributed by atoms with Gasteiger partial charge in [-0.2, -0.15) is 0 Å². The van der Waals surface area contributed by atoms with E-state index in [-0.39, 0.29) is 0 Å². The summed E-state index contributed by atoms with van der Waals surface area (Å²) in [4.78, 5) is 0. The van der Waals surface area contributed by atoms with Crippen LogP contribution in [0, 0.1) is 5.41 Å². The first-order valence-electron chi connectivity index (χ1n) is 9.48. The van der Waals surface area contributed by atoms with Gasteiger partial charge in [-0.15, -0.1) is 0 Å². The third kappa shape index (κ3) is 4.34. The predicted octanol–water partition coefficient (Wildman–Crippen LogP) is 5.75. The first-order chi connectivity index (χ1) is 14.1. The lowest BCUT2D eigenvalue weighted by atomic mass is 10.2. The van der Waals surface area contributed by atoms with Crippen LogP contribution in [-0.2, 0) is 13.1 Å². The Kier molecular flexibility index (Phi) is 5.93. The molecule has 0 unspecified atom stereocenters. The van der Waals surface area contributed by atoms with Crippen LogP contribution in [0.4, 0.5) is 0 Å². The lowest BCUT2D eigenvalue weighted by Gasteiger charge is -2.08. The van der Waals surface area contributed by atoms with E-state index in [0.29, 0.717) is 35.4 Å². The molecule has 1 N–H and O–H groups in total. The zero-order valence-corrected chi connectivity index (χ0v) is 17.3. The number of fused-ring (bicyclic) bond motifs is 1. The van der Waals surface area contributed by atoms with E-state index in [1.807, 2.05) is 75.9 Å². The molecule has 0 bridgehead atoms. The maximum Gasteiger partial charge on any atom is 0.203 e. The molecule has 0 radical (unpaired) electrons. The maximum atomic E-state index is 8.75. The fourth-order valence-corrected chi connectivity index (χ4v) is 3.74. The van der Waals surface area contributed by atoms with E-state index in [0.717, 1.165) is 28.8 Å². The molecule has 1 aromatic heterocycles. The zero-order chi connectivity index (χ0) is 20.2. The Morgan fingerprint density at radius 1 is 0.793 bits per heavy atom. The number of aryl methyl sites for hydroxylation is 1. The summed E-state index contributed by atoms with van der Waals surface area (Å²) in [6.07, 6.45) is 0.791. The quantitative estimate of drug-likeness (QED) is 0.376. The van der Waals surface area contributed by atoms with E-state index in [4.69, 9.17) is 33.3 Å². The van der Waals surface area contributed by atoms with Crippen LogP contribution in [0.15, 0.2) is 72.8 Å². The van der Waals surface area contributed by atoms with Crippen LogP contribution in [0.5, 0.6) is 5.75 Å². The Labute approximate surface area is 179 Å². The summed E-state index contributed by atoms with van der Waals surface area (Å²) in [6.45, 7) is 1.83. The largest absolute Gasteiger partial charge is 0.494 e. The van der Waals surface area contributed by atoms with Crippen molar-refractivity contribution in [2.75, 3.05) is 6.61 Å². The standard InChI is InChI=1S/C23H21Cl2N3O/c24-18-10-12-19(13-11-18)29-15-5-14-27-21-8-3-4-9-22(21)28(23(27)26)16-17-6-1-2-7-20(17)25/h1-4,6-13,26H,5,14-16H2. The molecule has 4 nitrogen and oxygen atoms in total. The molecule has 4 rings (SSSR count). The van der Waals surface area contributed by atoms with Crippen molar-refractivity contribution in [3.8, 4) is 5.75 Å². The molecular formula is C23H21Cl2N3O. The van der Waals surface area contributed by atoms with Crippen molar-refractivity contribution in [1.82, 2.24) is 9.13 Å². The molecule has 0 fully saturated rings. The number of aromatic nitrogens is 2. The second kappa shape index (κ2) is 8.76. The van der Waals surface area contributed by atoms with Crippen molar-refractivity contribution in [3.63, 3.8) is 0 Å². The summed E-state index contributed by atoms with van der Waals surface area (Å²) in [7, 11) is 0. The Morgan fingerprint density at radius 3 is 2.17 bits per heavy atom. The number of hydrogen-bond donors (Lipinski definition) is 1. The molecule has 0 aliphatic rings. The SMILES string of the molecule is N=c1n(CCCOc2ccc(Cl)cc2)c2ccccc2n1Cc1ccccc1Cl. The summed E-state index contributed by atoms with van der Waals surface area (Å²) in [5.74, 6) is 0.798. The fourth-order valence-electron chi connectivity index (χ4n) is 3.42. The van der Waals surface area contributed by atoms with Gasteiger partial charge in [0.05, 0.1) is 24.2 Å². The van der Waals surface area contributed by atoms with Gasteiger partial charge in [0.15, 0.2) is 0 Å². The molecular weight excluding hydrogens is 405 g/mol. The number of imidazole rings is 1. The van der Waals surface area contributed by atoms with Crippen LogP contribution >= 0.6 is 23.2 Å². The lowest BCUT2D eigenvalue weighted by molar-refractivity contribution is 0.301. The first kappa shape index (κ1) is 19.6. The van der Waals surface area contributed by atoms with Crippen LogP contribution in [0.25, 0.3) is 11.0 Å². The molecule has 148 valence electrons. The first-order valence-corrected chi connectivity index (χ1v) is 10.2. The average molecular weight is 426 g/mol. The van der Waals surface area contributed by atoms with Gasteiger partial charge in [-0.05, 0) is 54.4 Å². The van der Waals surface area contributed by atoms with Gasteiger partial charge in [0.25, 0.3) is 0 Å². The summed E-state index contributed by atoms with van der Waals surface area (Å²) in [5, 5.41) is 10.2. The van der Waals surface area contributed by atoms with Crippen LogP contribution in [0.1, 0.15) is 12.0 Å². The summed E-state index contributed by atoms with van der Waals surface area (Å²) in [5.41, 5.74) is 3.52. The van der Waals surface area contributed by atoms with Gasteiger partial charge in [0.1, 0.15) is 5.75 Å². The Balaban J connectivity index is 1.53. The van der Waals surface area contributed by atoms with Crippen molar-refractivity contribution in [1.29, 1.82) is 5.41 Å². The van der Waals surface area contributed by atoms with Crippen LogP contribution in [-0.4, -0.2) is 15.7 Å². The van der Waals surface area contributed by atoms with E-state index in [9.17, 15) is 0 Å². The van der Waals surface area contributed by atoms with Crippen molar-refractivity contribution >= 4 is 34.2 Å². The Hall–Kier alpha value is -2.69. The number of halogens is 2. The fraction of sp³-hybridized carbons (Fsp3) is 0.174. The van der Waals surface area contributed by atoms with E-state index < -0.39 is 0 Å². The number of para-hydroxylation sites is 2. The van der Waals surface area contributed by atoms with Crippen molar-refractivity contribution in [2.24, 2.45) is 0 Å². The van der Waals surface area contributed by atoms with Crippen LogP contribution in [0.3, 0.4) is 0 Å². The molecule has 0 spiro atoms. The smallest absolute Gasteiger partial charge is 0.203 e. The average Bonchev–Trinajstić information content (AvgIpc) is 3.00. The topological polar surface area (TPSA) is 42.9 Å². The monoisotopic (exact) mass is 425 g/mol. The molecule has 0 saturated carbocycles. The molecule has 29 heavy (non-hydrogen) atoms. The van der Waals surface area contributed by atoms with Crippen LogP contribution < -0.4 is 10.4 Å². The van der Waals surface area contributed by atoms with E-state index in [1.54, 1.807) is 0 Å². The summed E-state index contributed by atoms with van der Waals surface area (Å²) < 4.78 is 9.82. The highest BCUT2D eigenvalue weighted by Crippen LogP contribution is 2.20. The second-order valence-electron chi connectivity index (χ2n) is 6.80. The van der Waals surface area contributed by atoms with Gasteiger partial charge in [0, 0.05) is 16.6 Å².